The third-order valence-electron chi connectivity index (χ3n) is 4.46. The molecule has 1 atom stereocenters. The van der Waals surface area contributed by atoms with Crippen molar-refractivity contribution in [2.45, 2.75) is 38.8 Å². The quantitative estimate of drug-likeness (QED) is 0.933. The van der Waals surface area contributed by atoms with E-state index >= 15 is 0 Å². The van der Waals surface area contributed by atoms with Crippen molar-refractivity contribution in [1.29, 1.82) is 0 Å². The van der Waals surface area contributed by atoms with Crippen LogP contribution in [0, 0.1) is 6.92 Å². The average molecular weight is 326 g/mol. The first-order valence-corrected chi connectivity index (χ1v) is 8.24. The molecule has 2 N–H and O–H groups in total. The zero-order chi connectivity index (χ0) is 17.1. The van der Waals surface area contributed by atoms with Crippen LogP contribution < -0.4 is 5.73 Å². The minimum Gasteiger partial charge on any atom is -0.366 e. The van der Waals surface area contributed by atoms with Crippen molar-refractivity contribution in [3.05, 3.63) is 53.3 Å². The number of nitrogens with zero attached hydrogens (tertiary/aromatic N) is 3. The molecule has 6 nitrogen and oxygen atoms in total. The van der Waals surface area contributed by atoms with Crippen molar-refractivity contribution in [3.8, 4) is 0 Å². The summed E-state index contributed by atoms with van der Waals surface area (Å²) < 4.78 is 1.90. The largest absolute Gasteiger partial charge is 0.366 e. The Morgan fingerprint density at radius 1 is 1.21 bits per heavy atom. The number of carbonyl (C=O) groups is 2. The van der Waals surface area contributed by atoms with E-state index in [0.29, 0.717) is 17.7 Å². The van der Waals surface area contributed by atoms with Crippen LogP contribution in [0.15, 0.2) is 36.7 Å². The summed E-state index contributed by atoms with van der Waals surface area (Å²) in [5, 5.41) is 4.33. The summed E-state index contributed by atoms with van der Waals surface area (Å²) in [6.07, 6.45) is 6.94. The number of piperidine rings is 1. The van der Waals surface area contributed by atoms with Crippen LogP contribution in [0.5, 0.6) is 0 Å². The second-order valence-electron chi connectivity index (χ2n) is 6.33. The van der Waals surface area contributed by atoms with Gasteiger partial charge in [-0.2, -0.15) is 5.10 Å². The molecule has 0 aliphatic carbocycles. The Morgan fingerprint density at radius 2 is 1.92 bits per heavy atom. The van der Waals surface area contributed by atoms with Gasteiger partial charge in [-0.25, -0.2) is 0 Å². The van der Waals surface area contributed by atoms with Crippen molar-refractivity contribution in [3.63, 3.8) is 0 Å². The standard InChI is InChI=1S/C18H22N4O2/c1-13-10-20-21(11-13)12-16-4-2-3-9-22(16)18(24)15-7-5-14(6-8-15)17(19)23/h5-8,10-11,16H,2-4,9,12H2,1H3,(H2,19,23). The van der Waals surface area contributed by atoms with E-state index in [2.05, 4.69) is 5.10 Å². The smallest absolute Gasteiger partial charge is 0.254 e. The summed E-state index contributed by atoms with van der Waals surface area (Å²) in [6, 6.07) is 6.69. The van der Waals surface area contributed by atoms with Gasteiger partial charge in [0.1, 0.15) is 0 Å². The van der Waals surface area contributed by atoms with E-state index in [1.165, 1.54) is 0 Å². The van der Waals surface area contributed by atoms with Gasteiger partial charge in [-0.15, -0.1) is 0 Å². The zero-order valence-electron chi connectivity index (χ0n) is 13.8. The molecular weight excluding hydrogens is 304 g/mol. The van der Waals surface area contributed by atoms with Crippen molar-refractivity contribution < 1.29 is 9.59 Å². The topological polar surface area (TPSA) is 81.2 Å². The monoisotopic (exact) mass is 326 g/mol. The molecule has 2 heterocycles. The molecule has 1 aliphatic rings. The van der Waals surface area contributed by atoms with Gasteiger partial charge in [-0.05, 0) is 56.0 Å². The number of hydrogen-bond donors (Lipinski definition) is 1. The van der Waals surface area contributed by atoms with Crippen molar-refractivity contribution in [2.75, 3.05) is 6.54 Å². The number of nitrogens with two attached hydrogens (primary N) is 1. The minimum absolute atomic E-state index is 0.000372. The molecule has 3 rings (SSSR count). The highest BCUT2D eigenvalue weighted by Crippen LogP contribution is 2.21. The fourth-order valence-corrected chi connectivity index (χ4v) is 3.18. The summed E-state index contributed by atoms with van der Waals surface area (Å²) in [5.41, 5.74) is 7.36. The Hall–Kier alpha value is -2.63. The molecule has 1 aliphatic heterocycles. The lowest BCUT2D eigenvalue weighted by molar-refractivity contribution is 0.0583. The van der Waals surface area contributed by atoms with Gasteiger partial charge in [0, 0.05) is 23.9 Å². The SMILES string of the molecule is Cc1cnn(CC2CCCCN2C(=O)c2ccc(C(N)=O)cc2)c1. The molecule has 1 fully saturated rings. The molecule has 0 radical (unpaired) electrons. The molecule has 2 aromatic rings. The predicted molar refractivity (Wildman–Crippen MR) is 90.6 cm³/mol. The number of hydrogen-bond acceptors (Lipinski definition) is 3. The Bertz CT molecular complexity index is 736. The molecule has 1 aromatic carbocycles. The first kappa shape index (κ1) is 16.2. The third-order valence-corrected chi connectivity index (χ3v) is 4.46. The predicted octanol–water partition coefficient (Wildman–Crippen LogP) is 1.99. The number of benzene rings is 1. The molecular formula is C18H22N4O2. The molecule has 6 heteroatoms. The highest BCUT2D eigenvalue weighted by Gasteiger charge is 2.28. The Kier molecular flexibility index (Phi) is 4.64. The zero-order valence-corrected chi connectivity index (χ0v) is 13.8. The van der Waals surface area contributed by atoms with Crippen molar-refractivity contribution in [2.24, 2.45) is 5.73 Å². The summed E-state index contributed by atoms with van der Waals surface area (Å²) >= 11 is 0. The maximum Gasteiger partial charge on any atom is 0.254 e. The van der Waals surface area contributed by atoms with Gasteiger partial charge in [0.25, 0.3) is 5.91 Å². The summed E-state index contributed by atoms with van der Waals surface area (Å²) in [7, 11) is 0. The molecule has 1 unspecified atom stereocenters. The van der Waals surface area contributed by atoms with Crippen LogP contribution in [-0.4, -0.2) is 39.1 Å². The van der Waals surface area contributed by atoms with Gasteiger partial charge in [0.05, 0.1) is 18.8 Å². The van der Waals surface area contributed by atoms with Gasteiger partial charge < -0.3 is 10.6 Å². The van der Waals surface area contributed by atoms with E-state index in [0.717, 1.165) is 31.4 Å². The van der Waals surface area contributed by atoms with Crippen molar-refractivity contribution in [1.82, 2.24) is 14.7 Å². The summed E-state index contributed by atoms with van der Waals surface area (Å²) in [4.78, 5) is 26.0. The van der Waals surface area contributed by atoms with Crippen LogP contribution >= 0.6 is 0 Å². The Morgan fingerprint density at radius 3 is 2.54 bits per heavy atom. The van der Waals surface area contributed by atoms with Gasteiger partial charge >= 0.3 is 0 Å². The van der Waals surface area contributed by atoms with Crippen LogP contribution in [0.2, 0.25) is 0 Å². The molecule has 1 aromatic heterocycles. The maximum atomic E-state index is 12.9. The second kappa shape index (κ2) is 6.86. The number of rotatable bonds is 4. The van der Waals surface area contributed by atoms with E-state index in [4.69, 9.17) is 5.73 Å². The van der Waals surface area contributed by atoms with E-state index < -0.39 is 5.91 Å². The molecule has 24 heavy (non-hydrogen) atoms. The second-order valence-corrected chi connectivity index (χ2v) is 6.33. The van der Waals surface area contributed by atoms with E-state index in [9.17, 15) is 9.59 Å². The molecule has 2 amide bonds. The number of primary amides is 1. The third kappa shape index (κ3) is 3.48. The molecule has 0 saturated carbocycles. The molecule has 126 valence electrons. The number of carbonyl (C=O) groups excluding carboxylic acids is 2. The summed E-state index contributed by atoms with van der Waals surface area (Å²) in [5.74, 6) is -0.488. The first-order valence-electron chi connectivity index (χ1n) is 8.24. The van der Waals surface area contributed by atoms with Crippen LogP contribution in [0.4, 0.5) is 0 Å². The number of amides is 2. The van der Waals surface area contributed by atoms with E-state index in [1.54, 1.807) is 24.3 Å². The lowest BCUT2D eigenvalue weighted by atomic mass is 10.0. The summed E-state index contributed by atoms with van der Waals surface area (Å²) in [6.45, 7) is 3.47. The van der Waals surface area contributed by atoms with Gasteiger partial charge in [0.15, 0.2) is 0 Å². The highest BCUT2D eigenvalue weighted by atomic mass is 16.2. The highest BCUT2D eigenvalue weighted by molar-refractivity contribution is 5.97. The number of likely N-dealkylation sites (tertiary alicyclic amines) is 1. The number of aromatic nitrogens is 2. The van der Waals surface area contributed by atoms with Gasteiger partial charge in [0.2, 0.25) is 5.91 Å². The Labute approximate surface area is 141 Å². The van der Waals surface area contributed by atoms with Crippen LogP contribution in [-0.2, 0) is 6.54 Å². The van der Waals surface area contributed by atoms with Crippen LogP contribution in [0.25, 0.3) is 0 Å². The average Bonchev–Trinajstić information content (AvgIpc) is 3.00. The first-order chi connectivity index (χ1) is 11.5. The van der Waals surface area contributed by atoms with Crippen molar-refractivity contribution >= 4 is 11.8 Å². The minimum atomic E-state index is -0.487. The lowest BCUT2D eigenvalue weighted by Crippen LogP contribution is -2.45. The van der Waals surface area contributed by atoms with Gasteiger partial charge in [-0.1, -0.05) is 0 Å². The van der Waals surface area contributed by atoms with E-state index in [-0.39, 0.29) is 11.9 Å². The van der Waals surface area contributed by atoms with Gasteiger partial charge in [-0.3, -0.25) is 14.3 Å². The fraction of sp³-hybridized carbons (Fsp3) is 0.389. The normalized spacial score (nSPS) is 17.7. The van der Waals surface area contributed by atoms with E-state index in [1.807, 2.05) is 28.9 Å². The molecule has 0 bridgehead atoms. The lowest BCUT2D eigenvalue weighted by Gasteiger charge is -2.35. The Balaban J connectivity index is 1.76. The number of aryl methyl sites for hydroxylation is 1. The maximum absolute atomic E-state index is 12.9. The fourth-order valence-electron chi connectivity index (χ4n) is 3.18. The molecule has 1 saturated heterocycles. The van der Waals surface area contributed by atoms with Crippen LogP contribution in [0.3, 0.4) is 0 Å². The van der Waals surface area contributed by atoms with Crippen LogP contribution in [0.1, 0.15) is 45.5 Å². The molecule has 0 spiro atoms.